The summed E-state index contributed by atoms with van der Waals surface area (Å²) in [7, 11) is 1.64. The molecule has 0 spiro atoms. The maximum Gasteiger partial charge on any atom is 0.175 e. The molecule has 0 radical (unpaired) electrons. The fourth-order valence-corrected chi connectivity index (χ4v) is 2.36. The standard InChI is InChI=1S/C15H24BrNO3/c1-5-20-14-12(16)6-11(7-13(14)19-4)8-17-9-15(2,3)10-18/h6-7,17-18H,5,8-10H2,1-4H3. The van der Waals surface area contributed by atoms with Gasteiger partial charge in [-0.3, -0.25) is 0 Å². The zero-order valence-electron chi connectivity index (χ0n) is 12.6. The normalized spacial score (nSPS) is 11.5. The van der Waals surface area contributed by atoms with Gasteiger partial charge in [0.05, 0.1) is 18.2 Å². The predicted molar refractivity (Wildman–Crippen MR) is 84.4 cm³/mol. The highest BCUT2D eigenvalue weighted by Gasteiger charge is 2.16. The molecule has 0 heterocycles. The number of rotatable bonds is 8. The van der Waals surface area contributed by atoms with E-state index in [1.165, 1.54) is 0 Å². The molecular formula is C15H24BrNO3. The first-order valence-electron chi connectivity index (χ1n) is 6.74. The Kier molecular flexibility index (Phi) is 6.79. The molecule has 0 unspecified atom stereocenters. The van der Waals surface area contributed by atoms with Crippen molar-refractivity contribution in [3.05, 3.63) is 22.2 Å². The maximum absolute atomic E-state index is 9.23. The van der Waals surface area contributed by atoms with E-state index in [1.807, 2.05) is 32.9 Å². The van der Waals surface area contributed by atoms with Crippen LogP contribution in [0.3, 0.4) is 0 Å². The van der Waals surface area contributed by atoms with Gasteiger partial charge in [-0.1, -0.05) is 13.8 Å². The summed E-state index contributed by atoms with van der Waals surface area (Å²) in [5.74, 6) is 1.45. The molecule has 0 aliphatic carbocycles. The van der Waals surface area contributed by atoms with E-state index >= 15 is 0 Å². The molecule has 0 atom stereocenters. The molecule has 0 fully saturated rings. The van der Waals surface area contributed by atoms with Gasteiger partial charge in [0.1, 0.15) is 0 Å². The first-order valence-corrected chi connectivity index (χ1v) is 7.53. The zero-order valence-corrected chi connectivity index (χ0v) is 14.2. The number of nitrogens with one attached hydrogen (secondary N) is 1. The Hall–Kier alpha value is -0.780. The van der Waals surface area contributed by atoms with Crippen molar-refractivity contribution < 1.29 is 14.6 Å². The van der Waals surface area contributed by atoms with Crippen molar-refractivity contribution in [2.24, 2.45) is 5.41 Å². The summed E-state index contributed by atoms with van der Waals surface area (Å²) in [4.78, 5) is 0. The van der Waals surface area contributed by atoms with Gasteiger partial charge in [0.2, 0.25) is 0 Å². The third kappa shape index (κ3) is 4.96. The average molecular weight is 346 g/mol. The Balaban J connectivity index is 2.75. The number of methoxy groups -OCH3 is 1. The third-order valence-electron chi connectivity index (χ3n) is 2.94. The summed E-state index contributed by atoms with van der Waals surface area (Å²) in [6.45, 7) is 8.21. The van der Waals surface area contributed by atoms with E-state index in [0.717, 1.165) is 28.1 Å². The first-order chi connectivity index (χ1) is 9.43. The van der Waals surface area contributed by atoms with E-state index < -0.39 is 0 Å². The van der Waals surface area contributed by atoms with E-state index in [9.17, 15) is 5.11 Å². The molecule has 5 heteroatoms. The number of benzene rings is 1. The monoisotopic (exact) mass is 345 g/mol. The second-order valence-electron chi connectivity index (χ2n) is 5.47. The van der Waals surface area contributed by atoms with Gasteiger partial charge in [-0.2, -0.15) is 0 Å². The zero-order chi connectivity index (χ0) is 15.2. The molecule has 0 aliphatic heterocycles. The third-order valence-corrected chi connectivity index (χ3v) is 3.53. The number of aliphatic hydroxyl groups excluding tert-OH is 1. The summed E-state index contributed by atoms with van der Waals surface area (Å²) in [6.07, 6.45) is 0. The van der Waals surface area contributed by atoms with Crippen LogP contribution >= 0.6 is 15.9 Å². The quantitative estimate of drug-likeness (QED) is 0.760. The Bertz CT molecular complexity index is 435. The first kappa shape index (κ1) is 17.3. The predicted octanol–water partition coefficient (Wildman–Crippen LogP) is 2.96. The van der Waals surface area contributed by atoms with Crippen LogP contribution in [0, 0.1) is 5.41 Å². The molecule has 0 aliphatic rings. The van der Waals surface area contributed by atoms with Crippen LogP contribution in [0.4, 0.5) is 0 Å². The molecule has 1 aromatic rings. The molecular weight excluding hydrogens is 322 g/mol. The summed E-state index contributed by atoms with van der Waals surface area (Å²) in [5.41, 5.74) is 0.984. The van der Waals surface area contributed by atoms with Crippen molar-refractivity contribution in [3.8, 4) is 11.5 Å². The molecule has 1 rings (SSSR count). The number of hydrogen-bond acceptors (Lipinski definition) is 4. The smallest absolute Gasteiger partial charge is 0.175 e. The van der Waals surface area contributed by atoms with Crippen molar-refractivity contribution in [2.75, 3.05) is 26.9 Å². The van der Waals surface area contributed by atoms with Crippen LogP contribution < -0.4 is 14.8 Å². The highest BCUT2D eigenvalue weighted by atomic mass is 79.9. The summed E-state index contributed by atoms with van der Waals surface area (Å²) < 4.78 is 11.8. The largest absolute Gasteiger partial charge is 0.493 e. The highest BCUT2D eigenvalue weighted by molar-refractivity contribution is 9.10. The number of hydrogen-bond donors (Lipinski definition) is 2. The topological polar surface area (TPSA) is 50.7 Å². The second kappa shape index (κ2) is 7.86. The fourth-order valence-electron chi connectivity index (χ4n) is 1.76. The molecule has 0 saturated carbocycles. The lowest BCUT2D eigenvalue weighted by Crippen LogP contribution is -2.31. The highest BCUT2D eigenvalue weighted by Crippen LogP contribution is 2.36. The van der Waals surface area contributed by atoms with Crippen molar-refractivity contribution >= 4 is 15.9 Å². The Morgan fingerprint density at radius 1 is 1.35 bits per heavy atom. The molecule has 4 nitrogen and oxygen atoms in total. The Morgan fingerprint density at radius 2 is 2.05 bits per heavy atom. The van der Waals surface area contributed by atoms with E-state index in [2.05, 4.69) is 21.2 Å². The average Bonchev–Trinajstić information content (AvgIpc) is 2.41. The van der Waals surface area contributed by atoms with Crippen LogP contribution in [-0.4, -0.2) is 32.0 Å². The lowest BCUT2D eigenvalue weighted by atomic mass is 9.95. The van der Waals surface area contributed by atoms with Crippen LogP contribution in [0.5, 0.6) is 11.5 Å². The van der Waals surface area contributed by atoms with E-state index in [4.69, 9.17) is 9.47 Å². The van der Waals surface area contributed by atoms with Crippen molar-refractivity contribution in [3.63, 3.8) is 0 Å². The molecule has 1 aromatic carbocycles. The number of aliphatic hydroxyl groups is 1. The van der Waals surface area contributed by atoms with Crippen LogP contribution in [0.15, 0.2) is 16.6 Å². The van der Waals surface area contributed by atoms with Gasteiger partial charge in [-0.05, 0) is 40.5 Å². The van der Waals surface area contributed by atoms with E-state index in [1.54, 1.807) is 7.11 Å². The number of ether oxygens (including phenoxy) is 2. The molecule has 0 bridgehead atoms. The molecule has 0 aromatic heterocycles. The van der Waals surface area contributed by atoms with Gasteiger partial charge in [0.25, 0.3) is 0 Å². The minimum absolute atomic E-state index is 0.118. The molecule has 0 amide bonds. The SMILES string of the molecule is CCOc1c(Br)cc(CNCC(C)(C)CO)cc1OC. The molecule has 0 saturated heterocycles. The van der Waals surface area contributed by atoms with Crippen molar-refractivity contribution in [1.82, 2.24) is 5.32 Å². The second-order valence-corrected chi connectivity index (χ2v) is 6.32. The molecule has 2 N–H and O–H groups in total. The Labute approximate surface area is 129 Å². The van der Waals surface area contributed by atoms with Crippen LogP contribution in [0.2, 0.25) is 0 Å². The molecule has 114 valence electrons. The van der Waals surface area contributed by atoms with Gasteiger partial charge >= 0.3 is 0 Å². The lowest BCUT2D eigenvalue weighted by molar-refractivity contribution is 0.156. The van der Waals surface area contributed by atoms with Gasteiger partial charge in [0, 0.05) is 25.1 Å². The molecule has 20 heavy (non-hydrogen) atoms. The summed E-state index contributed by atoms with van der Waals surface area (Å²) in [5, 5.41) is 12.6. The van der Waals surface area contributed by atoms with Gasteiger partial charge in [0.15, 0.2) is 11.5 Å². The number of halogens is 1. The van der Waals surface area contributed by atoms with Gasteiger partial charge < -0.3 is 19.9 Å². The van der Waals surface area contributed by atoms with Crippen molar-refractivity contribution in [2.45, 2.75) is 27.3 Å². The Morgan fingerprint density at radius 3 is 2.60 bits per heavy atom. The summed E-state index contributed by atoms with van der Waals surface area (Å²) >= 11 is 3.51. The van der Waals surface area contributed by atoms with Crippen LogP contribution in [0.25, 0.3) is 0 Å². The minimum atomic E-state index is -0.118. The van der Waals surface area contributed by atoms with Crippen molar-refractivity contribution in [1.29, 1.82) is 0 Å². The van der Waals surface area contributed by atoms with E-state index in [0.29, 0.717) is 13.2 Å². The minimum Gasteiger partial charge on any atom is -0.493 e. The fraction of sp³-hybridized carbons (Fsp3) is 0.600. The lowest BCUT2D eigenvalue weighted by Gasteiger charge is -2.22. The maximum atomic E-state index is 9.23. The van der Waals surface area contributed by atoms with Crippen LogP contribution in [-0.2, 0) is 6.54 Å². The van der Waals surface area contributed by atoms with E-state index in [-0.39, 0.29) is 12.0 Å². The summed E-state index contributed by atoms with van der Waals surface area (Å²) in [6, 6.07) is 3.99. The van der Waals surface area contributed by atoms with Gasteiger partial charge in [-0.15, -0.1) is 0 Å². The van der Waals surface area contributed by atoms with Gasteiger partial charge in [-0.25, -0.2) is 0 Å². The van der Waals surface area contributed by atoms with Crippen LogP contribution in [0.1, 0.15) is 26.3 Å².